The van der Waals surface area contributed by atoms with E-state index in [-0.39, 0.29) is 6.03 Å². The van der Waals surface area contributed by atoms with Crippen LogP contribution in [0.25, 0.3) is 0 Å². The van der Waals surface area contributed by atoms with Crippen molar-refractivity contribution >= 4 is 34.3 Å². The molecule has 2 heterocycles. The number of anilines is 2. The van der Waals surface area contributed by atoms with E-state index in [4.69, 9.17) is 0 Å². The average Bonchev–Trinajstić information content (AvgIpc) is 3.09. The van der Waals surface area contributed by atoms with Gasteiger partial charge < -0.3 is 15.5 Å². The Morgan fingerprint density at radius 3 is 3.00 bits per heavy atom. The van der Waals surface area contributed by atoms with Gasteiger partial charge in [0.25, 0.3) is 0 Å². The van der Waals surface area contributed by atoms with Crippen LogP contribution in [0.15, 0.2) is 28.1 Å². The monoisotopic (exact) mass is 316 g/mol. The molecule has 4 rings (SSSR count). The van der Waals surface area contributed by atoms with Gasteiger partial charge in [0.2, 0.25) is 0 Å². The van der Waals surface area contributed by atoms with Crippen LogP contribution >= 0.6 is 11.8 Å². The Bertz CT molecular complexity index is 625. The van der Waals surface area contributed by atoms with E-state index in [1.54, 1.807) is 11.8 Å². The third-order valence-electron chi connectivity index (χ3n) is 4.45. The van der Waals surface area contributed by atoms with Crippen LogP contribution < -0.4 is 15.5 Å². The van der Waals surface area contributed by atoms with Crippen LogP contribution in [-0.2, 0) is 0 Å². The maximum absolute atomic E-state index is 12.1. The maximum atomic E-state index is 12.1. The molecule has 0 bridgehead atoms. The third kappa shape index (κ3) is 2.67. The van der Waals surface area contributed by atoms with Gasteiger partial charge in [-0.1, -0.05) is 19.3 Å². The first kappa shape index (κ1) is 13.9. The first-order valence-electron chi connectivity index (χ1n) is 8.01. The highest BCUT2D eigenvalue weighted by Crippen LogP contribution is 2.43. The number of hydrogen-bond donors (Lipinski definition) is 2. The number of rotatable bonds is 2. The van der Waals surface area contributed by atoms with E-state index in [2.05, 4.69) is 32.7 Å². The van der Waals surface area contributed by atoms with Gasteiger partial charge in [-0.15, -0.1) is 0 Å². The molecule has 2 N–H and O–H groups in total. The molecule has 1 aliphatic carbocycles. The zero-order chi connectivity index (χ0) is 14.9. The van der Waals surface area contributed by atoms with Crippen molar-refractivity contribution in [1.82, 2.24) is 5.32 Å². The van der Waals surface area contributed by atoms with Gasteiger partial charge in [-0.3, -0.25) is 4.99 Å². The molecular formula is C16H20N4OS. The third-order valence-corrected chi connectivity index (χ3v) is 5.55. The minimum absolute atomic E-state index is 0.0900. The van der Waals surface area contributed by atoms with E-state index in [9.17, 15) is 4.79 Å². The van der Waals surface area contributed by atoms with Crippen molar-refractivity contribution in [3.8, 4) is 0 Å². The molecular weight excluding hydrogens is 296 g/mol. The summed E-state index contributed by atoms with van der Waals surface area (Å²) in [6, 6.07) is 6.33. The Morgan fingerprint density at radius 1 is 1.27 bits per heavy atom. The molecule has 1 saturated carbocycles. The quantitative estimate of drug-likeness (QED) is 0.879. The van der Waals surface area contributed by atoms with Crippen LogP contribution in [0.2, 0.25) is 0 Å². The first-order valence-corrected chi connectivity index (χ1v) is 8.83. The zero-order valence-electron chi connectivity index (χ0n) is 12.5. The molecule has 0 unspecified atom stereocenters. The highest BCUT2D eigenvalue weighted by atomic mass is 32.2. The van der Waals surface area contributed by atoms with Gasteiger partial charge in [0.1, 0.15) is 0 Å². The summed E-state index contributed by atoms with van der Waals surface area (Å²) in [6.45, 7) is 1.80. The van der Waals surface area contributed by atoms with E-state index in [0.717, 1.165) is 42.5 Å². The molecule has 2 aliphatic heterocycles. The molecule has 0 spiro atoms. The Hall–Kier alpha value is -1.69. The van der Waals surface area contributed by atoms with E-state index >= 15 is 0 Å². The molecule has 116 valence electrons. The van der Waals surface area contributed by atoms with E-state index < -0.39 is 0 Å². The van der Waals surface area contributed by atoms with Crippen molar-refractivity contribution in [3.63, 3.8) is 0 Å². The van der Waals surface area contributed by atoms with Crippen molar-refractivity contribution in [2.75, 3.05) is 23.3 Å². The second kappa shape index (κ2) is 5.83. The largest absolute Gasteiger partial charge is 0.335 e. The van der Waals surface area contributed by atoms with E-state index in [0.29, 0.717) is 6.04 Å². The predicted molar refractivity (Wildman–Crippen MR) is 91.0 cm³/mol. The number of carbonyl (C=O) groups is 1. The van der Waals surface area contributed by atoms with Gasteiger partial charge >= 0.3 is 6.03 Å². The van der Waals surface area contributed by atoms with Crippen LogP contribution in [0.1, 0.15) is 32.1 Å². The number of nitrogens with one attached hydrogen (secondary N) is 2. The number of fused-ring (bicyclic) bond motifs is 3. The summed E-state index contributed by atoms with van der Waals surface area (Å²) >= 11 is 1.71. The second-order valence-electron chi connectivity index (χ2n) is 6.03. The average molecular weight is 316 g/mol. The number of urea groups is 1. The standard InChI is InChI=1S/C16H20N4OS/c21-15(18-11-4-2-1-3-5-11)19-12-6-7-14-13(10-12)20-9-8-17-16(20)22-14/h6-7,10-11H,1-5,8-9H2,(H2,18,19,21). The lowest BCUT2D eigenvalue weighted by Gasteiger charge is -2.23. The van der Waals surface area contributed by atoms with Gasteiger partial charge in [0.05, 0.1) is 12.2 Å². The predicted octanol–water partition coefficient (Wildman–Crippen LogP) is 3.42. The Kier molecular flexibility index (Phi) is 3.70. The Labute approximate surface area is 134 Å². The number of amides is 2. The number of hydrogen-bond acceptors (Lipinski definition) is 4. The lowest BCUT2D eigenvalue weighted by atomic mass is 9.96. The minimum Gasteiger partial charge on any atom is -0.335 e. The molecule has 6 heteroatoms. The molecule has 0 aromatic heterocycles. The van der Waals surface area contributed by atoms with Crippen molar-refractivity contribution in [2.24, 2.45) is 4.99 Å². The van der Waals surface area contributed by atoms with Gasteiger partial charge in [-0.05, 0) is 42.8 Å². The van der Waals surface area contributed by atoms with Crippen molar-refractivity contribution in [3.05, 3.63) is 18.2 Å². The highest BCUT2D eigenvalue weighted by molar-refractivity contribution is 8.14. The lowest BCUT2D eigenvalue weighted by Crippen LogP contribution is -2.39. The fraction of sp³-hybridized carbons (Fsp3) is 0.500. The summed E-state index contributed by atoms with van der Waals surface area (Å²) in [6.07, 6.45) is 5.93. The van der Waals surface area contributed by atoms with Gasteiger partial charge in [0.15, 0.2) is 5.17 Å². The smallest absolute Gasteiger partial charge is 0.319 e. The molecule has 22 heavy (non-hydrogen) atoms. The highest BCUT2D eigenvalue weighted by Gasteiger charge is 2.29. The van der Waals surface area contributed by atoms with Gasteiger partial charge in [-0.25, -0.2) is 4.79 Å². The second-order valence-corrected chi connectivity index (χ2v) is 7.04. The zero-order valence-corrected chi connectivity index (χ0v) is 13.3. The molecule has 5 nitrogen and oxygen atoms in total. The first-order chi connectivity index (χ1) is 10.8. The minimum atomic E-state index is -0.0900. The number of benzene rings is 1. The molecule has 1 aromatic rings. The summed E-state index contributed by atoms with van der Waals surface area (Å²) in [5, 5.41) is 7.14. The maximum Gasteiger partial charge on any atom is 0.319 e. The number of amidine groups is 1. The van der Waals surface area contributed by atoms with Crippen LogP contribution in [0, 0.1) is 0 Å². The Morgan fingerprint density at radius 2 is 2.14 bits per heavy atom. The van der Waals surface area contributed by atoms with E-state index in [1.165, 1.54) is 24.2 Å². The summed E-state index contributed by atoms with van der Waals surface area (Å²) in [5.41, 5.74) is 2.01. The summed E-state index contributed by atoms with van der Waals surface area (Å²) in [5.74, 6) is 0. The molecule has 2 amide bonds. The number of thioether (sulfide) groups is 1. The molecule has 1 aromatic carbocycles. The number of carbonyl (C=O) groups excluding carboxylic acids is 1. The fourth-order valence-electron chi connectivity index (χ4n) is 3.33. The number of nitrogens with zero attached hydrogens (tertiary/aromatic N) is 2. The van der Waals surface area contributed by atoms with Crippen LogP contribution in [0.4, 0.5) is 16.2 Å². The van der Waals surface area contributed by atoms with Crippen LogP contribution in [-0.4, -0.2) is 30.3 Å². The molecule has 0 saturated heterocycles. The van der Waals surface area contributed by atoms with Crippen LogP contribution in [0.3, 0.4) is 0 Å². The molecule has 0 atom stereocenters. The Balaban J connectivity index is 1.42. The SMILES string of the molecule is O=C(Nc1ccc2c(c1)N1CCN=C1S2)NC1CCCCC1. The van der Waals surface area contributed by atoms with Crippen LogP contribution in [0.5, 0.6) is 0 Å². The van der Waals surface area contributed by atoms with Crippen molar-refractivity contribution < 1.29 is 4.79 Å². The van der Waals surface area contributed by atoms with Gasteiger partial charge in [0, 0.05) is 23.2 Å². The molecule has 3 aliphatic rings. The normalized spacial score (nSPS) is 20.4. The van der Waals surface area contributed by atoms with Gasteiger partial charge in [-0.2, -0.15) is 0 Å². The number of aliphatic imine (C=N–C) groups is 1. The molecule has 1 fully saturated rings. The van der Waals surface area contributed by atoms with Crippen molar-refractivity contribution in [1.29, 1.82) is 0 Å². The summed E-state index contributed by atoms with van der Waals surface area (Å²) < 4.78 is 0. The van der Waals surface area contributed by atoms with E-state index in [1.807, 2.05) is 6.07 Å². The lowest BCUT2D eigenvalue weighted by molar-refractivity contribution is 0.244. The summed E-state index contributed by atoms with van der Waals surface area (Å²) in [4.78, 5) is 20.1. The topological polar surface area (TPSA) is 56.7 Å². The fourth-order valence-corrected chi connectivity index (χ4v) is 4.39. The summed E-state index contributed by atoms with van der Waals surface area (Å²) in [7, 11) is 0. The van der Waals surface area contributed by atoms with Crippen molar-refractivity contribution in [2.45, 2.75) is 43.0 Å². The molecule has 0 radical (unpaired) electrons.